The molecule has 8 heteroatoms. The van der Waals surface area contributed by atoms with Gasteiger partial charge >= 0.3 is 0 Å². The van der Waals surface area contributed by atoms with E-state index in [4.69, 9.17) is 11.6 Å². The molecule has 136 valence electrons. The van der Waals surface area contributed by atoms with Crippen molar-refractivity contribution in [2.75, 3.05) is 11.6 Å². The molecule has 0 aliphatic rings. The molecule has 0 aliphatic carbocycles. The molecule has 0 saturated carbocycles. The highest BCUT2D eigenvalue weighted by Crippen LogP contribution is 2.25. The predicted octanol–water partition coefficient (Wildman–Crippen LogP) is 6.12. The summed E-state index contributed by atoms with van der Waals surface area (Å²) in [6, 6.07) is 12.4. The molecule has 1 N–H and O–H groups in total. The summed E-state index contributed by atoms with van der Waals surface area (Å²) in [5.41, 5.74) is 4.22. The Bertz CT molecular complexity index is 763. The molecule has 0 fully saturated rings. The molecule has 3 nitrogen and oxygen atoms in total. The van der Waals surface area contributed by atoms with Gasteiger partial charge in [-0.2, -0.15) is 0 Å². The van der Waals surface area contributed by atoms with Gasteiger partial charge in [-0.1, -0.05) is 23.9 Å². The average Bonchev–Trinajstić information content (AvgIpc) is 2.96. The van der Waals surface area contributed by atoms with Gasteiger partial charge in [0.25, 0.3) is 0 Å². The first-order valence-corrected chi connectivity index (χ1v) is 9.99. The summed E-state index contributed by atoms with van der Waals surface area (Å²) in [5, 5.41) is 0.936. The van der Waals surface area contributed by atoms with E-state index in [2.05, 4.69) is 27.1 Å². The second kappa shape index (κ2) is 11.2. The number of hydrogen-bond acceptors (Lipinski definition) is 4. The zero-order valence-corrected chi connectivity index (χ0v) is 17.7. The average molecular weight is 437 g/mol. The number of rotatable bonds is 7. The van der Waals surface area contributed by atoms with E-state index in [-0.39, 0.29) is 24.8 Å². The number of para-hydroxylation sites is 2. The van der Waals surface area contributed by atoms with E-state index in [1.54, 1.807) is 11.8 Å². The number of fused-ring (bicyclic) bond motifs is 1. The Kier molecular flexibility index (Phi) is 10.1. The van der Waals surface area contributed by atoms with Crippen LogP contribution in [0.5, 0.6) is 0 Å². The lowest BCUT2D eigenvalue weighted by Gasteiger charge is -2.06. The maximum atomic E-state index is 5.74. The molecule has 2 aromatic heterocycles. The van der Waals surface area contributed by atoms with Crippen molar-refractivity contribution in [3.05, 3.63) is 47.8 Å². The number of aromatic nitrogens is 3. The first kappa shape index (κ1) is 22.5. The van der Waals surface area contributed by atoms with Crippen LogP contribution in [0.25, 0.3) is 11.0 Å². The molecule has 0 amide bonds. The number of pyridine rings is 1. The molecule has 0 unspecified atom stereocenters. The number of H-pyrrole nitrogens is 1. The Balaban J connectivity index is 0.00000156. The van der Waals surface area contributed by atoms with Crippen molar-refractivity contribution in [1.29, 1.82) is 0 Å². The van der Waals surface area contributed by atoms with Crippen LogP contribution < -0.4 is 0 Å². The van der Waals surface area contributed by atoms with Crippen LogP contribution in [-0.2, 0) is 5.75 Å². The minimum atomic E-state index is 0. The number of halogens is 3. The van der Waals surface area contributed by atoms with Gasteiger partial charge in [-0.25, -0.2) is 4.98 Å². The lowest BCUT2D eigenvalue weighted by molar-refractivity contribution is 1.05. The quantitative estimate of drug-likeness (QED) is 0.275. The van der Waals surface area contributed by atoms with Crippen LogP contribution in [0.4, 0.5) is 0 Å². The van der Waals surface area contributed by atoms with Gasteiger partial charge in [0.15, 0.2) is 5.16 Å². The third-order valence-corrected chi connectivity index (χ3v) is 5.49. The van der Waals surface area contributed by atoms with E-state index >= 15 is 0 Å². The summed E-state index contributed by atoms with van der Waals surface area (Å²) >= 11 is 9.27. The Morgan fingerprint density at radius 2 is 1.88 bits per heavy atom. The molecule has 0 atom stereocenters. The van der Waals surface area contributed by atoms with Crippen molar-refractivity contribution >= 4 is 71.0 Å². The Labute approximate surface area is 173 Å². The van der Waals surface area contributed by atoms with Crippen LogP contribution in [0.15, 0.2) is 46.5 Å². The Morgan fingerprint density at radius 1 is 1.08 bits per heavy atom. The molecule has 1 aromatic carbocycles. The number of aromatic amines is 1. The number of thioether (sulfide) groups is 2. The van der Waals surface area contributed by atoms with Gasteiger partial charge in [-0.15, -0.1) is 48.2 Å². The molecule has 3 aromatic rings. The lowest BCUT2D eigenvalue weighted by Crippen LogP contribution is -1.92. The number of aryl methyl sites for hydroxylation is 1. The zero-order valence-electron chi connectivity index (χ0n) is 13.7. The van der Waals surface area contributed by atoms with E-state index in [1.807, 2.05) is 43.0 Å². The molecule has 0 saturated heterocycles. The van der Waals surface area contributed by atoms with Crippen molar-refractivity contribution in [3.8, 4) is 0 Å². The fourth-order valence-electron chi connectivity index (χ4n) is 2.24. The van der Waals surface area contributed by atoms with Gasteiger partial charge in [0.05, 0.1) is 16.7 Å². The monoisotopic (exact) mass is 435 g/mol. The van der Waals surface area contributed by atoms with Crippen LogP contribution in [0, 0.1) is 6.92 Å². The minimum Gasteiger partial charge on any atom is -0.333 e. The minimum absolute atomic E-state index is 0. The van der Waals surface area contributed by atoms with Gasteiger partial charge in [-0.3, -0.25) is 4.98 Å². The molecular weight excluding hydrogens is 417 g/mol. The first-order valence-electron chi connectivity index (χ1n) is 7.48. The third kappa shape index (κ3) is 6.57. The maximum Gasteiger partial charge on any atom is 0.166 e. The van der Waals surface area contributed by atoms with Gasteiger partial charge in [0.2, 0.25) is 0 Å². The van der Waals surface area contributed by atoms with Gasteiger partial charge in [0, 0.05) is 22.2 Å². The van der Waals surface area contributed by atoms with Crippen molar-refractivity contribution < 1.29 is 0 Å². The highest BCUT2D eigenvalue weighted by molar-refractivity contribution is 7.99. The predicted molar refractivity (Wildman–Crippen MR) is 115 cm³/mol. The highest BCUT2D eigenvalue weighted by atomic mass is 35.5. The molecule has 2 heterocycles. The smallest absolute Gasteiger partial charge is 0.166 e. The van der Waals surface area contributed by atoms with Crippen molar-refractivity contribution in [2.45, 2.75) is 29.1 Å². The van der Waals surface area contributed by atoms with Crippen LogP contribution in [0.1, 0.15) is 17.8 Å². The number of nitrogens with zero attached hydrogens (tertiary/aromatic N) is 2. The standard InChI is InChI=1S/C17H18ClN3S2.2ClH/c1-12-9-14(22-8-4-7-18)10-13(19-12)11-23-17-20-15-5-2-3-6-16(15)21-17;;/h2-3,5-6,9-10H,4,7-8,11H2,1H3,(H,20,21);2*1H. The van der Waals surface area contributed by atoms with E-state index in [0.717, 1.165) is 45.5 Å². The summed E-state index contributed by atoms with van der Waals surface area (Å²) < 4.78 is 0. The van der Waals surface area contributed by atoms with Crippen LogP contribution in [-0.4, -0.2) is 26.6 Å². The van der Waals surface area contributed by atoms with Crippen molar-refractivity contribution in [2.24, 2.45) is 0 Å². The molecule has 3 rings (SSSR count). The molecular formula is C17H20Cl3N3S2. The summed E-state index contributed by atoms with van der Waals surface area (Å²) in [6.45, 7) is 2.04. The van der Waals surface area contributed by atoms with Gasteiger partial charge < -0.3 is 4.98 Å². The summed E-state index contributed by atoms with van der Waals surface area (Å²) in [7, 11) is 0. The fraction of sp³-hybridized carbons (Fsp3) is 0.294. The zero-order chi connectivity index (χ0) is 16.1. The number of imidazole rings is 1. The summed E-state index contributed by atoms with van der Waals surface area (Å²) in [6.07, 6.45) is 1.02. The molecule has 0 aliphatic heterocycles. The number of hydrogen-bond donors (Lipinski definition) is 1. The van der Waals surface area contributed by atoms with Crippen LogP contribution >= 0.6 is 59.9 Å². The molecule has 0 radical (unpaired) electrons. The molecule has 25 heavy (non-hydrogen) atoms. The van der Waals surface area contributed by atoms with E-state index < -0.39 is 0 Å². The largest absolute Gasteiger partial charge is 0.333 e. The lowest BCUT2D eigenvalue weighted by atomic mass is 10.3. The van der Waals surface area contributed by atoms with Crippen LogP contribution in [0.2, 0.25) is 0 Å². The van der Waals surface area contributed by atoms with E-state index in [1.165, 1.54) is 4.90 Å². The third-order valence-electron chi connectivity index (χ3n) is 3.25. The topological polar surface area (TPSA) is 41.6 Å². The van der Waals surface area contributed by atoms with E-state index in [9.17, 15) is 0 Å². The van der Waals surface area contributed by atoms with Crippen molar-refractivity contribution in [3.63, 3.8) is 0 Å². The number of alkyl halides is 1. The number of nitrogens with one attached hydrogen (secondary N) is 1. The second-order valence-electron chi connectivity index (χ2n) is 5.17. The SMILES string of the molecule is Cc1cc(SCCCCl)cc(CSc2nc3ccccc3[nH]2)n1.Cl.Cl. The van der Waals surface area contributed by atoms with Crippen LogP contribution in [0.3, 0.4) is 0 Å². The molecule has 0 bridgehead atoms. The summed E-state index contributed by atoms with van der Waals surface area (Å²) in [4.78, 5) is 13.8. The Morgan fingerprint density at radius 3 is 2.64 bits per heavy atom. The van der Waals surface area contributed by atoms with Gasteiger partial charge in [-0.05, 0) is 43.4 Å². The summed E-state index contributed by atoms with van der Waals surface area (Å²) in [5.74, 6) is 2.57. The Hall–Kier alpha value is -0.590. The fourth-order valence-corrected chi connectivity index (χ4v) is 4.31. The maximum absolute atomic E-state index is 5.74. The number of benzene rings is 1. The first-order chi connectivity index (χ1) is 11.2. The molecule has 0 spiro atoms. The van der Waals surface area contributed by atoms with Crippen molar-refractivity contribution in [1.82, 2.24) is 15.0 Å². The van der Waals surface area contributed by atoms with Gasteiger partial charge in [0.1, 0.15) is 0 Å². The second-order valence-corrected chi connectivity index (χ2v) is 7.68. The van der Waals surface area contributed by atoms with E-state index in [0.29, 0.717) is 5.88 Å². The normalized spacial score (nSPS) is 10.3. The highest BCUT2D eigenvalue weighted by Gasteiger charge is 2.06.